The molecule has 0 radical (unpaired) electrons. The Bertz CT molecular complexity index is 1960. The normalized spacial score (nSPS) is 22.6. The van der Waals surface area contributed by atoms with E-state index in [0.29, 0.717) is 0 Å². The Morgan fingerprint density at radius 1 is 0.733 bits per heavy atom. The highest BCUT2D eigenvalue weighted by atomic mass is 16.6. The van der Waals surface area contributed by atoms with Crippen LogP contribution >= 0.6 is 0 Å². The summed E-state index contributed by atoms with van der Waals surface area (Å²) in [5, 5.41) is 38.6. The molecule has 0 unspecified atom stereocenters. The Morgan fingerprint density at radius 2 is 1.31 bits per heavy atom. The maximum absolute atomic E-state index is 14.4. The van der Waals surface area contributed by atoms with Gasteiger partial charge in [0, 0.05) is 30.3 Å². The number of imide groups is 1. The lowest BCUT2D eigenvalue weighted by atomic mass is 9.47. The van der Waals surface area contributed by atoms with Gasteiger partial charge in [-0.15, -0.1) is 0 Å². The fourth-order valence-corrected chi connectivity index (χ4v) is 7.11. The van der Waals surface area contributed by atoms with Crippen molar-refractivity contribution in [3.05, 3.63) is 144 Å². The van der Waals surface area contributed by atoms with E-state index in [4.69, 9.17) is 0 Å². The van der Waals surface area contributed by atoms with Crippen molar-refractivity contribution < 1.29 is 24.4 Å². The first-order chi connectivity index (χ1) is 21.6. The molecule has 0 aromatic heterocycles. The SMILES string of the molecule is O=C1[C@@H]2C3c4ccccc4C(/C=N\Nc4ccc([N+](=O)[O-])cc4[N+](=O)[O-])(c4ccccc43)[C@@H]2C(=O)N1c1ccc([N+](=O)[O-])cc1. The number of rotatable bonds is 7. The van der Waals surface area contributed by atoms with E-state index in [2.05, 4.69) is 10.5 Å². The van der Waals surface area contributed by atoms with Crippen molar-refractivity contribution in [1.29, 1.82) is 0 Å². The minimum Gasteiger partial charge on any atom is -0.274 e. The second kappa shape index (κ2) is 9.87. The molecule has 1 aliphatic heterocycles. The Balaban J connectivity index is 1.39. The van der Waals surface area contributed by atoms with E-state index in [0.717, 1.165) is 39.3 Å². The largest absolute Gasteiger partial charge is 0.301 e. The van der Waals surface area contributed by atoms with Crippen LogP contribution in [0.3, 0.4) is 0 Å². The van der Waals surface area contributed by atoms with Crippen molar-refractivity contribution >= 4 is 46.5 Å². The molecule has 2 atom stereocenters. The van der Waals surface area contributed by atoms with Gasteiger partial charge in [-0.2, -0.15) is 5.10 Å². The molecule has 1 fully saturated rings. The summed E-state index contributed by atoms with van der Waals surface area (Å²) in [5.74, 6) is -3.23. The smallest absolute Gasteiger partial charge is 0.274 e. The first kappa shape index (κ1) is 27.5. The van der Waals surface area contributed by atoms with Crippen LogP contribution in [0.1, 0.15) is 28.2 Å². The van der Waals surface area contributed by atoms with Crippen LogP contribution in [0.25, 0.3) is 0 Å². The van der Waals surface area contributed by atoms with E-state index in [1.807, 2.05) is 48.5 Å². The van der Waals surface area contributed by atoms with Crippen molar-refractivity contribution in [2.45, 2.75) is 11.3 Å². The molecule has 2 bridgehead atoms. The van der Waals surface area contributed by atoms with E-state index in [1.54, 1.807) is 0 Å². The van der Waals surface area contributed by atoms with Gasteiger partial charge in [0.05, 0.1) is 43.8 Å². The quantitative estimate of drug-likeness (QED) is 0.130. The summed E-state index contributed by atoms with van der Waals surface area (Å²) in [6.07, 6.45) is 1.48. The van der Waals surface area contributed by atoms with Crippen LogP contribution in [-0.4, -0.2) is 32.8 Å². The number of benzene rings is 4. The number of nitrogens with one attached hydrogen (secondary N) is 1. The molecule has 1 saturated heterocycles. The van der Waals surface area contributed by atoms with Gasteiger partial charge in [-0.1, -0.05) is 48.5 Å². The average Bonchev–Trinajstić information content (AvgIpc) is 3.31. The maximum Gasteiger partial charge on any atom is 0.301 e. The number of non-ortho nitro benzene ring substituents is 2. The van der Waals surface area contributed by atoms with E-state index in [-0.39, 0.29) is 17.1 Å². The zero-order valence-electron chi connectivity index (χ0n) is 23.0. The van der Waals surface area contributed by atoms with Crippen LogP contribution in [0, 0.1) is 42.2 Å². The molecule has 3 aliphatic carbocycles. The van der Waals surface area contributed by atoms with Crippen LogP contribution in [0.4, 0.5) is 28.4 Å². The molecule has 1 heterocycles. The summed E-state index contributed by atoms with van der Waals surface area (Å²) in [7, 11) is 0. The van der Waals surface area contributed by atoms with Crippen LogP contribution in [0.15, 0.2) is 96.1 Å². The summed E-state index contributed by atoms with van der Waals surface area (Å²) >= 11 is 0. The lowest BCUT2D eigenvalue weighted by molar-refractivity contribution is -0.393. The predicted molar refractivity (Wildman–Crippen MR) is 160 cm³/mol. The molecule has 2 amide bonds. The van der Waals surface area contributed by atoms with Gasteiger partial charge in [-0.05, 0) is 40.5 Å². The third-order valence-corrected chi connectivity index (χ3v) is 8.84. The summed E-state index contributed by atoms with van der Waals surface area (Å²) in [4.78, 5) is 61.8. The minimum atomic E-state index is -1.29. The molecule has 222 valence electrons. The molecule has 0 saturated carbocycles. The minimum absolute atomic E-state index is 0.109. The van der Waals surface area contributed by atoms with Crippen molar-refractivity contribution in [2.24, 2.45) is 16.9 Å². The first-order valence-corrected chi connectivity index (χ1v) is 13.7. The van der Waals surface area contributed by atoms with E-state index < -0.39 is 61.1 Å². The van der Waals surface area contributed by atoms with Gasteiger partial charge in [0.25, 0.3) is 11.4 Å². The highest BCUT2D eigenvalue weighted by Crippen LogP contribution is 2.63. The molecule has 4 aliphatic rings. The Hall–Kier alpha value is -6.31. The summed E-state index contributed by atoms with van der Waals surface area (Å²) < 4.78 is 0. The fraction of sp³-hybridized carbons (Fsp3) is 0.129. The number of hydrogen-bond acceptors (Lipinski definition) is 10. The van der Waals surface area contributed by atoms with Crippen molar-refractivity contribution in [3.63, 3.8) is 0 Å². The lowest BCUT2D eigenvalue weighted by Crippen LogP contribution is -2.54. The third kappa shape index (κ3) is 3.85. The number of nitrogens with zero attached hydrogens (tertiary/aromatic N) is 5. The molecule has 4 aromatic rings. The standard InChI is InChI=1S/C31H20N6O8/c38-29-27-26-20-5-1-3-7-22(20)31(23-8-4-2-6-21(23)26,16-32-33-24-14-13-19(36(42)43)15-25(24)37(44)45)28(27)30(39)34(29)17-9-11-18(12-10-17)35(40)41/h1-16,26-28,33H/b32-16-/t26?,27-,28+,31?/m1/s1. The fourth-order valence-electron chi connectivity index (χ4n) is 7.11. The molecule has 0 spiro atoms. The van der Waals surface area contributed by atoms with Gasteiger partial charge in [0.2, 0.25) is 11.8 Å². The Labute approximate surface area is 253 Å². The lowest BCUT2D eigenvalue weighted by Gasteiger charge is -2.52. The highest BCUT2D eigenvalue weighted by molar-refractivity contribution is 6.25. The topological polar surface area (TPSA) is 191 Å². The highest BCUT2D eigenvalue weighted by Gasteiger charge is 2.68. The van der Waals surface area contributed by atoms with Crippen LogP contribution in [0.2, 0.25) is 0 Å². The van der Waals surface area contributed by atoms with Crippen LogP contribution < -0.4 is 10.3 Å². The molecular formula is C31H20N6O8. The molecule has 1 N–H and O–H groups in total. The zero-order valence-corrected chi connectivity index (χ0v) is 23.0. The monoisotopic (exact) mass is 604 g/mol. The average molecular weight is 605 g/mol. The van der Waals surface area contributed by atoms with E-state index >= 15 is 0 Å². The summed E-state index contributed by atoms with van der Waals surface area (Å²) in [6, 6.07) is 23.1. The van der Waals surface area contributed by atoms with E-state index in [9.17, 15) is 39.9 Å². The molecule has 8 rings (SSSR count). The number of anilines is 2. The second-order valence-corrected chi connectivity index (χ2v) is 10.9. The number of carbonyl (C=O) groups is 2. The number of amides is 2. The van der Waals surface area contributed by atoms with Gasteiger partial charge >= 0.3 is 5.69 Å². The van der Waals surface area contributed by atoms with Crippen molar-refractivity contribution in [2.75, 3.05) is 10.3 Å². The third-order valence-electron chi connectivity index (χ3n) is 8.84. The number of carbonyl (C=O) groups excluding carboxylic acids is 2. The van der Waals surface area contributed by atoms with Gasteiger partial charge in [0.15, 0.2) is 0 Å². The predicted octanol–water partition coefficient (Wildman–Crippen LogP) is 5.06. The second-order valence-electron chi connectivity index (χ2n) is 10.9. The summed E-state index contributed by atoms with van der Waals surface area (Å²) in [6.45, 7) is 0. The first-order valence-electron chi connectivity index (χ1n) is 13.7. The Morgan fingerprint density at radius 3 is 1.89 bits per heavy atom. The molecule has 4 aromatic carbocycles. The van der Waals surface area contributed by atoms with Crippen LogP contribution in [-0.2, 0) is 15.0 Å². The van der Waals surface area contributed by atoms with Gasteiger partial charge < -0.3 is 0 Å². The number of nitro groups is 3. The molecule has 14 nitrogen and oxygen atoms in total. The number of hydrogen-bond donors (Lipinski definition) is 1. The van der Waals surface area contributed by atoms with Crippen LogP contribution in [0.5, 0.6) is 0 Å². The summed E-state index contributed by atoms with van der Waals surface area (Å²) in [5.41, 5.74) is 3.36. The maximum atomic E-state index is 14.4. The van der Waals surface area contributed by atoms with E-state index in [1.165, 1.54) is 36.5 Å². The molecule has 45 heavy (non-hydrogen) atoms. The van der Waals surface area contributed by atoms with Gasteiger partial charge in [0.1, 0.15) is 5.69 Å². The molecular weight excluding hydrogens is 584 g/mol. The zero-order chi connectivity index (χ0) is 31.6. The van der Waals surface area contributed by atoms with Gasteiger partial charge in [-0.3, -0.25) is 45.4 Å². The van der Waals surface area contributed by atoms with Crippen molar-refractivity contribution in [3.8, 4) is 0 Å². The molecule has 14 heteroatoms. The van der Waals surface area contributed by atoms with Gasteiger partial charge in [-0.25, -0.2) is 4.90 Å². The van der Waals surface area contributed by atoms with Crippen molar-refractivity contribution in [1.82, 2.24) is 0 Å². The number of nitro benzene ring substituents is 3. The number of hydrazone groups is 1. The Kier molecular flexibility index (Phi) is 6.04.